The lowest BCUT2D eigenvalue weighted by Crippen LogP contribution is -2.27. The van der Waals surface area contributed by atoms with E-state index in [2.05, 4.69) is 15.5 Å². The average Bonchev–Trinajstić information content (AvgIpc) is 3.20. The Morgan fingerprint density at radius 1 is 1.36 bits per heavy atom. The second-order valence-electron chi connectivity index (χ2n) is 5.47. The Labute approximate surface area is 137 Å². The van der Waals surface area contributed by atoms with Gasteiger partial charge in [0.25, 0.3) is 5.91 Å². The Bertz CT molecular complexity index is 728. The molecule has 1 fully saturated rings. The number of amides is 1. The summed E-state index contributed by atoms with van der Waals surface area (Å²) in [6.45, 7) is 1.72. The third-order valence-corrected chi connectivity index (χ3v) is 4.32. The number of carbonyl (C=O) groups excluding carboxylic acids is 1. The van der Waals surface area contributed by atoms with Crippen LogP contribution in [-0.4, -0.2) is 16.1 Å². The van der Waals surface area contributed by atoms with Crippen LogP contribution in [0.4, 0.5) is 4.39 Å². The molecule has 4 nitrogen and oxygen atoms in total. The van der Waals surface area contributed by atoms with Crippen molar-refractivity contribution in [2.75, 3.05) is 0 Å². The lowest BCUT2D eigenvalue weighted by molar-refractivity contribution is 0.0934. The molecule has 1 aliphatic rings. The topological polar surface area (TPSA) is 57.8 Å². The first-order valence-electron chi connectivity index (χ1n) is 6.96. The van der Waals surface area contributed by atoms with E-state index in [4.69, 9.17) is 23.2 Å². The molecule has 116 valence electrons. The van der Waals surface area contributed by atoms with Gasteiger partial charge in [0.2, 0.25) is 0 Å². The van der Waals surface area contributed by atoms with Crippen LogP contribution in [-0.2, 0) is 0 Å². The summed E-state index contributed by atoms with van der Waals surface area (Å²) < 4.78 is 13.6. The Kier molecular flexibility index (Phi) is 4.10. The number of carbonyl (C=O) groups is 1. The molecule has 1 aromatic heterocycles. The molecular formula is C15H14Cl2FN3O. The van der Waals surface area contributed by atoms with Crippen LogP contribution in [0, 0.1) is 5.82 Å². The van der Waals surface area contributed by atoms with Gasteiger partial charge in [0, 0.05) is 16.6 Å². The number of benzene rings is 1. The van der Waals surface area contributed by atoms with Crippen LogP contribution >= 0.6 is 23.2 Å². The van der Waals surface area contributed by atoms with E-state index >= 15 is 0 Å². The summed E-state index contributed by atoms with van der Waals surface area (Å²) >= 11 is 11.7. The Morgan fingerprint density at radius 2 is 2.09 bits per heavy atom. The molecule has 22 heavy (non-hydrogen) atoms. The highest BCUT2D eigenvalue weighted by Crippen LogP contribution is 2.39. The Hall–Kier alpha value is -1.59. The monoisotopic (exact) mass is 341 g/mol. The maximum absolute atomic E-state index is 13.6. The van der Waals surface area contributed by atoms with Gasteiger partial charge in [-0.1, -0.05) is 23.2 Å². The SMILES string of the molecule is CC(NC(=O)c1cc(C2CC2)[nH]n1)c1cc(F)c(Cl)cc1Cl. The number of aromatic nitrogens is 2. The fourth-order valence-corrected chi connectivity index (χ4v) is 2.82. The normalized spacial score (nSPS) is 15.6. The van der Waals surface area contributed by atoms with Gasteiger partial charge in [0.15, 0.2) is 0 Å². The molecule has 1 atom stereocenters. The second kappa shape index (κ2) is 5.89. The maximum Gasteiger partial charge on any atom is 0.272 e. The van der Waals surface area contributed by atoms with Gasteiger partial charge < -0.3 is 5.32 Å². The van der Waals surface area contributed by atoms with E-state index in [1.165, 1.54) is 12.1 Å². The summed E-state index contributed by atoms with van der Waals surface area (Å²) in [6.07, 6.45) is 2.25. The summed E-state index contributed by atoms with van der Waals surface area (Å²) in [5, 5.41) is 9.90. The summed E-state index contributed by atoms with van der Waals surface area (Å²) in [6, 6.07) is 3.85. The third kappa shape index (κ3) is 3.10. The van der Waals surface area contributed by atoms with E-state index in [0.717, 1.165) is 18.5 Å². The standard InChI is InChI=1S/C15H14Cl2FN3O/c1-7(9-4-12(18)11(17)5-10(9)16)19-15(22)14-6-13(20-21-14)8-2-3-8/h4-8H,2-3H2,1H3,(H,19,22)(H,20,21). The molecule has 7 heteroatoms. The van der Waals surface area contributed by atoms with E-state index in [-0.39, 0.29) is 10.9 Å². The van der Waals surface area contributed by atoms with Crippen molar-refractivity contribution in [1.82, 2.24) is 15.5 Å². The van der Waals surface area contributed by atoms with Crippen LogP contribution in [0.2, 0.25) is 10.0 Å². The predicted octanol–water partition coefficient (Wildman–Crippen LogP) is 4.22. The zero-order chi connectivity index (χ0) is 15.9. The molecule has 1 saturated carbocycles. The number of H-pyrrole nitrogens is 1. The minimum absolute atomic E-state index is 0.0475. The van der Waals surface area contributed by atoms with E-state index in [9.17, 15) is 9.18 Å². The molecule has 1 aromatic carbocycles. The molecule has 0 saturated heterocycles. The zero-order valence-electron chi connectivity index (χ0n) is 11.8. The number of nitrogens with zero attached hydrogens (tertiary/aromatic N) is 1. The van der Waals surface area contributed by atoms with E-state index < -0.39 is 11.9 Å². The average molecular weight is 342 g/mol. The molecule has 0 bridgehead atoms. The quantitative estimate of drug-likeness (QED) is 0.817. The van der Waals surface area contributed by atoms with Crippen molar-refractivity contribution in [3.8, 4) is 0 Å². The highest BCUT2D eigenvalue weighted by molar-refractivity contribution is 6.35. The van der Waals surface area contributed by atoms with Crippen molar-refractivity contribution >= 4 is 29.1 Å². The van der Waals surface area contributed by atoms with Crippen molar-refractivity contribution in [2.45, 2.75) is 31.7 Å². The number of rotatable bonds is 4. The summed E-state index contributed by atoms with van der Waals surface area (Å²) in [4.78, 5) is 12.2. The van der Waals surface area contributed by atoms with Crippen LogP contribution in [0.15, 0.2) is 18.2 Å². The van der Waals surface area contributed by atoms with Gasteiger partial charge in [-0.05, 0) is 43.5 Å². The van der Waals surface area contributed by atoms with Crippen molar-refractivity contribution in [3.05, 3.63) is 51.0 Å². The minimum atomic E-state index is -0.571. The van der Waals surface area contributed by atoms with Crippen molar-refractivity contribution in [3.63, 3.8) is 0 Å². The van der Waals surface area contributed by atoms with Crippen LogP contribution in [0.25, 0.3) is 0 Å². The van der Waals surface area contributed by atoms with Gasteiger partial charge >= 0.3 is 0 Å². The molecule has 0 aliphatic heterocycles. The smallest absolute Gasteiger partial charge is 0.272 e. The predicted molar refractivity (Wildman–Crippen MR) is 82.9 cm³/mol. The van der Waals surface area contributed by atoms with E-state index in [1.54, 1.807) is 13.0 Å². The fourth-order valence-electron chi connectivity index (χ4n) is 2.27. The highest BCUT2D eigenvalue weighted by Gasteiger charge is 2.27. The van der Waals surface area contributed by atoms with Gasteiger partial charge in [-0.2, -0.15) is 5.10 Å². The first kappa shape index (κ1) is 15.3. The van der Waals surface area contributed by atoms with Crippen molar-refractivity contribution in [1.29, 1.82) is 0 Å². The molecule has 1 amide bonds. The highest BCUT2D eigenvalue weighted by atomic mass is 35.5. The van der Waals surface area contributed by atoms with Crippen LogP contribution < -0.4 is 5.32 Å². The summed E-state index contributed by atoms with van der Waals surface area (Å²) in [5.41, 5.74) is 1.77. The van der Waals surface area contributed by atoms with Gasteiger partial charge in [-0.3, -0.25) is 9.89 Å². The largest absolute Gasteiger partial charge is 0.344 e. The summed E-state index contributed by atoms with van der Waals surface area (Å²) in [5.74, 6) is -0.411. The molecule has 0 radical (unpaired) electrons. The van der Waals surface area contributed by atoms with Gasteiger partial charge in [0.05, 0.1) is 11.1 Å². The lowest BCUT2D eigenvalue weighted by Gasteiger charge is -2.15. The molecule has 2 N–H and O–H groups in total. The molecule has 1 aliphatic carbocycles. The molecule has 3 rings (SSSR count). The first-order chi connectivity index (χ1) is 10.5. The van der Waals surface area contributed by atoms with Crippen molar-refractivity contribution in [2.24, 2.45) is 0 Å². The third-order valence-electron chi connectivity index (χ3n) is 3.70. The van der Waals surface area contributed by atoms with Gasteiger partial charge in [0.1, 0.15) is 11.5 Å². The fraction of sp³-hybridized carbons (Fsp3) is 0.333. The van der Waals surface area contributed by atoms with Crippen molar-refractivity contribution < 1.29 is 9.18 Å². The Morgan fingerprint density at radius 3 is 2.77 bits per heavy atom. The van der Waals surface area contributed by atoms with Crippen LogP contribution in [0.3, 0.4) is 0 Å². The van der Waals surface area contributed by atoms with Gasteiger partial charge in [-0.15, -0.1) is 0 Å². The molecular weight excluding hydrogens is 328 g/mol. The number of hydrogen-bond acceptors (Lipinski definition) is 2. The van der Waals surface area contributed by atoms with Gasteiger partial charge in [-0.25, -0.2) is 4.39 Å². The summed E-state index contributed by atoms with van der Waals surface area (Å²) in [7, 11) is 0. The Balaban J connectivity index is 1.73. The number of halogens is 3. The molecule has 1 heterocycles. The molecule has 2 aromatic rings. The number of hydrogen-bond donors (Lipinski definition) is 2. The minimum Gasteiger partial charge on any atom is -0.344 e. The second-order valence-corrected chi connectivity index (χ2v) is 6.28. The zero-order valence-corrected chi connectivity index (χ0v) is 13.3. The van der Waals surface area contributed by atoms with E-state index in [0.29, 0.717) is 22.2 Å². The van der Waals surface area contributed by atoms with Crippen LogP contribution in [0.1, 0.15) is 53.5 Å². The first-order valence-corrected chi connectivity index (χ1v) is 7.72. The number of nitrogens with one attached hydrogen (secondary N) is 2. The molecule has 0 spiro atoms. The molecule has 1 unspecified atom stereocenters. The lowest BCUT2D eigenvalue weighted by atomic mass is 10.1. The van der Waals surface area contributed by atoms with E-state index in [1.807, 2.05) is 0 Å². The maximum atomic E-state index is 13.6. The van der Waals surface area contributed by atoms with Crippen LogP contribution in [0.5, 0.6) is 0 Å². The number of aromatic amines is 1.